The molecule has 1 aromatic rings. The van der Waals surface area contributed by atoms with Crippen molar-refractivity contribution < 1.29 is 9.47 Å². The Hall–Kier alpha value is -0.900. The van der Waals surface area contributed by atoms with Gasteiger partial charge in [0.2, 0.25) is 0 Å². The van der Waals surface area contributed by atoms with E-state index in [9.17, 15) is 0 Å². The molecule has 0 amide bonds. The van der Waals surface area contributed by atoms with E-state index in [0.29, 0.717) is 12.1 Å². The number of guanidine groups is 1. The van der Waals surface area contributed by atoms with Gasteiger partial charge in [0.05, 0.1) is 19.3 Å². The Kier molecular flexibility index (Phi) is 12.7. The molecule has 2 rings (SSSR count). The first kappa shape index (κ1) is 25.1. The third-order valence-electron chi connectivity index (χ3n) is 5.02. The molecular weight excluding hydrogens is 467 g/mol. The van der Waals surface area contributed by atoms with Crippen LogP contribution in [0.1, 0.15) is 38.9 Å². The Bertz CT molecular complexity index is 559. The van der Waals surface area contributed by atoms with Gasteiger partial charge in [-0.1, -0.05) is 30.3 Å². The second-order valence-electron chi connectivity index (χ2n) is 7.17. The molecular formula is C21H37IN4O2. The predicted octanol–water partition coefficient (Wildman–Crippen LogP) is 3.05. The van der Waals surface area contributed by atoms with Gasteiger partial charge < -0.3 is 20.1 Å². The number of hydrogen-bond acceptors (Lipinski definition) is 4. The van der Waals surface area contributed by atoms with Crippen molar-refractivity contribution in [3.05, 3.63) is 35.9 Å². The first-order chi connectivity index (χ1) is 13.1. The molecule has 1 saturated heterocycles. The van der Waals surface area contributed by atoms with Crippen LogP contribution in [0.25, 0.3) is 0 Å². The summed E-state index contributed by atoms with van der Waals surface area (Å²) in [6, 6.07) is 11.2. The zero-order valence-electron chi connectivity index (χ0n) is 17.7. The van der Waals surface area contributed by atoms with E-state index in [1.165, 1.54) is 5.56 Å². The second kappa shape index (κ2) is 14.1. The molecule has 1 heterocycles. The summed E-state index contributed by atoms with van der Waals surface area (Å²) in [4.78, 5) is 6.80. The van der Waals surface area contributed by atoms with E-state index in [-0.39, 0.29) is 30.1 Å². The lowest BCUT2D eigenvalue weighted by molar-refractivity contribution is -0.0174. The molecule has 3 unspecified atom stereocenters. The third kappa shape index (κ3) is 8.63. The van der Waals surface area contributed by atoms with Gasteiger partial charge in [-0.2, -0.15) is 0 Å². The number of hydrogen-bond donors (Lipinski definition) is 2. The molecule has 6 nitrogen and oxygen atoms in total. The molecule has 1 fully saturated rings. The summed E-state index contributed by atoms with van der Waals surface area (Å²) in [6.07, 6.45) is 1.06. The van der Waals surface area contributed by atoms with Crippen LogP contribution in [0.15, 0.2) is 35.3 Å². The summed E-state index contributed by atoms with van der Waals surface area (Å²) in [5.74, 6) is 0.846. The minimum Gasteiger partial charge on any atom is -0.379 e. The normalized spacial score (nSPS) is 20.1. The van der Waals surface area contributed by atoms with Crippen LogP contribution in [0, 0.1) is 0 Å². The molecule has 0 saturated carbocycles. The van der Waals surface area contributed by atoms with Gasteiger partial charge in [-0.05, 0) is 32.8 Å². The molecule has 0 aromatic heterocycles. The van der Waals surface area contributed by atoms with Crippen molar-refractivity contribution in [1.29, 1.82) is 0 Å². The lowest BCUT2D eigenvalue weighted by Gasteiger charge is -2.38. The lowest BCUT2D eigenvalue weighted by atomic mass is 10.1. The van der Waals surface area contributed by atoms with Crippen LogP contribution in [0.3, 0.4) is 0 Å². The maximum absolute atomic E-state index is 5.91. The highest BCUT2D eigenvalue weighted by atomic mass is 127. The van der Waals surface area contributed by atoms with Crippen molar-refractivity contribution in [2.45, 2.75) is 45.4 Å². The van der Waals surface area contributed by atoms with E-state index < -0.39 is 0 Å². The minimum atomic E-state index is 0. The lowest BCUT2D eigenvalue weighted by Crippen LogP contribution is -2.53. The predicted molar refractivity (Wildman–Crippen MR) is 127 cm³/mol. The molecule has 0 spiro atoms. The highest BCUT2D eigenvalue weighted by Crippen LogP contribution is 2.15. The summed E-state index contributed by atoms with van der Waals surface area (Å²) < 4.78 is 11.4. The zero-order chi connectivity index (χ0) is 19.5. The number of nitrogens with zero attached hydrogens (tertiary/aromatic N) is 2. The van der Waals surface area contributed by atoms with Crippen molar-refractivity contribution in [1.82, 2.24) is 15.5 Å². The Morgan fingerprint density at radius 2 is 2.04 bits per heavy atom. The van der Waals surface area contributed by atoms with Crippen molar-refractivity contribution in [3.63, 3.8) is 0 Å². The van der Waals surface area contributed by atoms with Gasteiger partial charge >= 0.3 is 0 Å². The first-order valence-corrected chi connectivity index (χ1v) is 10.1. The number of ether oxygens (including phenoxy) is 2. The van der Waals surface area contributed by atoms with Gasteiger partial charge in [-0.25, -0.2) is 0 Å². The SMILES string of the molecule is CN=C(NCCCOC(C)c1ccccc1)NCC(C)N1CCOCC1C.I. The number of morpholine rings is 1. The first-order valence-electron chi connectivity index (χ1n) is 10.1. The van der Waals surface area contributed by atoms with E-state index in [1.54, 1.807) is 0 Å². The van der Waals surface area contributed by atoms with Gasteiger partial charge in [0, 0.05) is 45.4 Å². The molecule has 1 aliphatic heterocycles. The topological polar surface area (TPSA) is 58.1 Å². The molecule has 1 aromatic carbocycles. The highest BCUT2D eigenvalue weighted by Gasteiger charge is 2.23. The molecule has 1 aliphatic rings. The number of nitrogens with one attached hydrogen (secondary N) is 2. The molecule has 0 bridgehead atoms. The fourth-order valence-corrected chi connectivity index (χ4v) is 3.34. The average molecular weight is 504 g/mol. The van der Waals surface area contributed by atoms with Crippen molar-refractivity contribution >= 4 is 29.9 Å². The van der Waals surface area contributed by atoms with Crippen LogP contribution >= 0.6 is 24.0 Å². The third-order valence-corrected chi connectivity index (χ3v) is 5.02. The number of halogens is 1. The van der Waals surface area contributed by atoms with E-state index >= 15 is 0 Å². The van der Waals surface area contributed by atoms with E-state index in [2.05, 4.69) is 53.4 Å². The largest absolute Gasteiger partial charge is 0.379 e. The average Bonchev–Trinajstić information content (AvgIpc) is 2.70. The summed E-state index contributed by atoms with van der Waals surface area (Å²) in [5, 5.41) is 6.80. The highest BCUT2D eigenvalue weighted by molar-refractivity contribution is 14.0. The molecule has 0 radical (unpaired) electrons. The second-order valence-corrected chi connectivity index (χ2v) is 7.17. The Labute approximate surface area is 187 Å². The van der Waals surface area contributed by atoms with Gasteiger partial charge in [0.15, 0.2) is 5.96 Å². The molecule has 28 heavy (non-hydrogen) atoms. The van der Waals surface area contributed by atoms with Crippen LogP contribution in [-0.2, 0) is 9.47 Å². The van der Waals surface area contributed by atoms with Gasteiger partial charge in [0.25, 0.3) is 0 Å². The standard InChI is InChI=1S/C21H36N4O2.HI/c1-17(25-12-14-26-16-18(25)2)15-24-21(22-4)23-11-8-13-27-19(3)20-9-6-5-7-10-20;/h5-7,9-10,17-19H,8,11-16H2,1-4H3,(H2,22,23,24);1H. The van der Waals surface area contributed by atoms with Gasteiger partial charge in [0.1, 0.15) is 0 Å². The van der Waals surface area contributed by atoms with Crippen LogP contribution < -0.4 is 10.6 Å². The van der Waals surface area contributed by atoms with Crippen molar-refractivity contribution in [3.8, 4) is 0 Å². The van der Waals surface area contributed by atoms with Crippen LogP contribution in [0.4, 0.5) is 0 Å². The Morgan fingerprint density at radius 1 is 1.29 bits per heavy atom. The van der Waals surface area contributed by atoms with Crippen LogP contribution in [0.2, 0.25) is 0 Å². The zero-order valence-corrected chi connectivity index (χ0v) is 20.0. The van der Waals surface area contributed by atoms with Gasteiger partial charge in [-0.3, -0.25) is 9.89 Å². The maximum Gasteiger partial charge on any atom is 0.191 e. The van der Waals surface area contributed by atoms with E-state index in [4.69, 9.17) is 9.47 Å². The fraction of sp³-hybridized carbons (Fsp3) is 0.667. The summed E-state index contributed by atoms with van der Waals surface area (Å²) in [7, 11) is 1.81. The molecule has 2 N–H and O–H groups in total. The van der Waals surface area contributed by atoms with Crippen molar-refractivity contribution in [2.24, 2.45) is 4.99 Å². The number of rotatable bonds is 9. The smallest absolute Gasteiger partial charge is 0.191 e. The maximum atomic E-state index is 5.91. The quantitative estimate of drug-likeness (QED) is 0.234. The molecule has 3 atom stereocenters. The van der Waals surface area contributed by atoms with Crippen LogP contribution in [-0.4, -0.2) is 69.4 Å². The molecule has 7 heteroatoms. The minimum absolute atomic E-state index is 0. The Balaban J connectivity index is 0.00000392. The van der Waals surface area contributed by atoms with Crippen molar-refractivity contribution in [2.75, 3.05) is 46.5 Å². The molecule has 160 valence electrons. The number of aliphatic imine (C=N–C) groups is 1. The monoisotopic (exact) mass is 504 g/mol. The summed E-state index contributed by atoms with van der Waals surface area (Å²) >= 11 is 0. The van der Waals surface area contributed by atoms with E-state index in [0.717, 1.165) is 51.8 Å². The van der Waals surface area contributed by atoms with E-state index in [1.807, 2.05) is 25.2 Å². The molecule has 0 aliphatic carbocycles. The Morgan fingerprint density at radius 3 is 2.71 bits per heavy atom. The fourth-order valence-electron chi connectivity index (χ4n) is 3.34. The number of benzene rings is 1. The summed E-state index contributed by atoms with van der Waals surface area (Å²) in [5.41, 5.74) is 1.22. The van der Waals surface area contributed by atoms with Crippen LogP contribution in [0.5, 0.6) is 0 Å². The summed E-state index contributed by atoms with van der Waals surface area (Å²) in [6.45, 7) is 11.6. The van der Waals surface area contributed by atoms with Gasteiger partial charge in [-0.15, -0.1) is 24.0 Å².